The molecule has 3 unspecified atom stereocenters. The lowest BCUT2D eigenvalue weighted by Crippen LogP contribution is -2.28. The molecule has 0 heterocycles. The molecule has 0 aromatic rings. The Balaban J connectivity index is 2.12. The third-order valence-electron chi connectivity index (χ3n) is 5.91. The predicted molar refractivity (Wildman–Crippen MR) is 109 cm³/mol. The van der Waals surface area contributed by atoms with E-state index in [4.69, 9.17) is 0 Å². The van der Waals surface area contributed by atoms with Crippen LogP contribution in [0.1, 0.15) is 104 Å². The van der Waals surface area contributed by atoms with Gasteiger partial charge in [-0.05, 0) is 38.0 Å². The van der Waals surface area contributed by atoms with Crippen molar-refractivity contribution in [3.05, 3.63) is 24.4 Å². The largest absolute Gasteiger partial charge is 0.382 e. The zero-order chi connectivity index (χ0) is 17.8. The minimum atomic E-state index is 0.423. The Labute approximate surface area is 152 Å². The van der Waals surface area contributed by atoms with Crippen molar-refractivity contribution in [2.75, 3.05) is 0 Å². The molecule has 0 spiro atoms. The molecule has 0 radical (unpaired) electrons. The minimum Gasteiger partial charge on any atom is -0.382 e. The Bertz CT molecular complexity index is 357. The summed E-state index contributed by atoms with van der Waals surface area (Å²) in [6.45, 7) is 15.3. The highest BCUT2D eigenvalue weighted by molar-refractivity contribution is 5.07. The van der Waals surface area contributed by atoms with Crippen LogP contribution in [0.3, 0.4) is 0 Å². The molecule has 0 bridgehead atoms. The molecule has 24 heavy (non-hydrogen) atoms. The Hall–Kier alpha value is -0.720. The van der Waals surface area contributed by atoms with Crippen LogP contribution in [0.15, 0.2) is 24.4 Å². The molecular formula is C23H43N. The number of nitrogens with one attached hydrogen (secondary N) is 1. The Kier molecular flexibility index (Phi) is 11.2. The molecule has 1 heteroatoms. The van der Waals surface area contributed by atoms with Crippen molar-refractivity contribution in [1.82, 2.24) is 5.32 Å². The van der Waals surface area contributed by atoms with Gasteiger partial charge in [0.1, 0.15) is 0 Å². The maximum atomic E-state index is 4.25. The third kappa shape index (κ3) is 8.94. The van der Waals surface area contributed by atoms with Crippen LogP contribution in [0.25, 0.3) is 0 Å². The Morgan fingerprint density at radius 3 is 2.46 bits per heavy atom. The van der Waals surface area contributed by atoms with E-state index in [2.05, 4.69) is 39.2 Å². The summed E-state index contributed by atoms with van der Waals surface area (Å²) in [7, 11) is 0. The van der Waals surface area contributed by atoms with Gasteiger partial charge in [0.05, 0.1) is 0 Å². The zero-order valence-corrected chi connectivity index (χ0v) is 16.8. The van der Waals surface area contributed by atoms with E-state index in [9.17, 15) is 0 Å². The molecule has 0 saturated heterocycles. The molecule has 1 fully saturated rings. The molecule has 0 aromatic heterocycles. The molecular weight excluding hydrogens is 290 g/mol. The van der Waals surface area contributed by atoms with Crippen LogP contribution in [0, 0.1) is 11.8 Å². The van der Waals surface area contributed by atoms with E-state index in [1.165, 1.54) is 88.3 Å². The normalized spacial score (nSPS) is 22.1. The van der Waals surface area contributed by atoms with Crippen molar-refractivity contribution >= 4 is 0 Å². The van der Waals surface area contributed by atoms with E-state index in [-0.39, 0.29) is 0 Å². The summed E-state index contributed by atoms with van der Waals surface area (Å²) >= 11 is 0. The summed E-state index contributed by atoms with van der Waals surface area (Å²) in [5.41, 5.74) is 2.46. The van der Waals surface area contributed by atoms with Gasteiger partial charge in [-0.2, -0.15) is 0 Å². The molecule has 0 amide bonds. The number of hydrogen-bond donors (Lipinski definition) is 1. The van der Waals surface area contributed by atoms with Gasteiger partial charge in [0.25, 0.3) is 0 Å². The van der Waals surface area contributed by atoms with Crippen LogP contribution in [-0.4, -0.2) is 6.04 Å². The van der Waals surface area contributed by atoms with Gasteiger partial charge in [-0.25, -0.2) is 0 Å². The third-order valence-corrected chi connectivity index (χ3v) is 5.91. The maximum Gasteiger partial charge on any atom is 0.0465 e. The van der Waals surface area contributed by atoms with E-state index in [0.29, 0.717) is 6.04 Å². The minimum absolute atomic E-state index is 0.423. The van der Waals surface area contributed by atoms with Crippen molar-refractivity contribution < 1.29 is 0 Å². The quantitative estimate of drug-likeness (QED) is 0.273. The fourth-order valence-corrected chi connectivity index (χ4v) is 4.10. The number of unbranched alkanes of at least 4 members (excludes halogenated alkanes) is 4. The summed E-state index contributed by atoms with van der Waals surface area (Å²) < 4.78 is 0. The molecule has 1 aliphatic rings. The summed E-state index contributed by atoms with van der Waals surface area (Å²) in [6.07, 6.45) is 17.6. The van der Waals surface area contributed by atoms with Gasteiger partial charge in [-0.1, -0.05) is 96.8 Å². The Morgan fingerprint density at radius 2 is 1.79 bits per heavy atom. The molecule has 1 saturated carbocycles. The lowest BCUT2D eigenvalue weighted by molar-refractivity contribution is 0.236. The van der Waals surface area contributed by atoms with Crippen LogP contribution in [0.5, 0.6) is 0 Å². The van der Waals surface area contributed by atoms with Crippen LogP contribution in [0.4, 0.5) is 0 Å². The smallest absolute Gasteiger partial charge is 0.0465 e. The van der Waals surface area contributed by atoms with Gasteiger partial charge in [-0.15, -0.1) is 0 Å². The van der Waals surface area contributed by atoms with Crippen LogP contribution in [-0.2, 0) is 0 Å². The SMILES string of the molecule is C=C(CCCCCC1CCCCC1C)NC(CCCCC)C(=C)C. The molecule has 1 aliphatic carbocycles. The van der Waals surface area contributed by atoms with Crippen molar-refractivity contribution in [2.24, 2.45) is 11.8 Å². The standard InChI is InChI=1S/C23H43N/c1-6-7-9-18-23(19(2)3)24-21(5)15-10-8-11-16-22-17-13-12-14-20(22)4/h20,22-24H,2,5-18H2,1,3-4H3. The lowest BCUT2D eigenvalue weighted by atomic mass is 9.78. The average Bonchev–Trinajstić information content (AvgIpc) is 2.55. The maximum absolute atomic E-state index is 4.25. The summed E-state index contributed by atoms with van der Waals surface area (Å²) in [5.74, 6) is 1.97. The lowest BCUT2D eigenvalue weighted by Gasteiger charge is -2.28. The molecule has 0 aromatic carbocycles. The van der Waals surface area contributed by atoms with Crippen LogP contribution >= 0.6 is 0 Å². The van der Waals surface area contributed by atoms with Crippen molar-refractivity contribution in [3.63, 3.8) is 0 Å². The second-order valence-corrected chi connectivity index (χ2v) is 8.26. The van der Waals surface area contributed by atoms with Gasteiger partial charge in [-0.3, -0.25) is 0 Å². The topological polar surface area (TPSA) is 12.0 Å². The van der Waals surface area contributed by atoms with E-state index in [1.54, 1.807) is 0 Å². The summed E-state index contributed by atoms with van der Waals surface area (Å²) in [6, 6.07) is 0.423. The van der Waals surface area contributed by atoms with Gasteiger partial charge < -0.3 is 5.32 Å². The molecule has 1 N–H and O–H groups in total. The first-order chi connectivity index (χ1) is 11.5. The van der Waals surface area contributed by atoms with Crippen molar-refractivity contribution in [3.8, 4) is 0 Å². The predicted octanol–water partition coefficient (Wildman–Crippen LogP) is 7.39. The van der Waals surface area contributed by atoms with Crippen LogP contribution in [0.2, 0.25) is 0 Å². The fourth-order valence-electron chi connectivity index (χ4n) is 4.10. The molecule has 3 atom stereocenters. The second-order valence-electron chi connectivity index (χ2n) is 8.26. The molecule has 0 aliphatic heterocycles. The van der Waals surface area contributed by atoms with Gasteiger partial charge in [0.15, 0.2) is 0 Å². The summed E-state index contributed by atoms with van der Waals surface area (Å²) in [4.78, 5) is 0. The van der Waals surface area contributed by atoms with E-state index in [0.717, 1.165) is 18.3 Å². The average molecular weight is 334 g/mol. The van der Waals surface area contributed by atoms with Gasteiger partial charge in [0, 0.05) is 11.7 Å². The number of allylic oxidation sites excluding steroid dienone is 1. The number of rotatable bonds is 13. The van der Waals surface area contributed by atoms with Gasteiger partial charge >= 0.3 is 0 Å². The Morgan fingerprint density at radius 1 is 1.04 bits per heavy atom. The van der Waals surface area contributed by atoms with Crippen LogP contribution < -0.4 is 5.32 Å². The van der Waals surface area contributed by atoms with Crippen molar-refractivity contribution in [2.45, 2.75) is 110 Å². The van der Waals surface area contributed by atoms with E-state index < -0.39 is 0 Å². The van der Waals surface area contributed by atoms with E-state index in [1.807, 2.05) is 0 Å². The second kappa shape index (κ2) is 12.6. The first kappa shape index (κ1) is 21.3. The molecule has 1 rings (SSSR count). The van der Waals surface area contributed by atoms with Gasteiger partial charge in [0.2, 0.25) is 0 Å². The molecule has 140 valence electrons. The highest BCUT2D eigenvalue weighted by Gasteiger charge is 2.20. The first-order valence-corrected chi connectivity index (χ1v) is 10.6. The number of hydrogen-bond acceptors (Lipinski definition) is 1. The first-order valence-electron chi connectivity index (χ1n) is 10.6. The van der Waals surface area contributed by atoms with E-state index >= 15 is 0 Å². The van der Waals surface area contributed by atoms with Crippen molar-refractivity contribution in [1.29, 1.82) is 0 Å². The fraction of sp³-hybridized carbons (Fsp3) is 0.826. The zero-order valence-electron chi connectivity index (χ0n) is 16.8. The highest BCUT2D eigenvalue weighted by Crippen LogP contribution is 2.33. The monoisotopic (exact) mass is 333 g/mol. The molecule has 1 nitrogen and oxygen atoms in total. The highest BCUT2D eigenvalue weighted by atomic mass is 14.9. The summed E-state index contributed by atoms with van der Waals surface area (Å²) in [5, 5.41) is 3.63.